The van der Waals surface area contributed by atoms with Crippen molar-refractivity contribution >= 4 is 5.91 Å². The van der Waals surface area contributed by atoms with Crippen molar-refractivity contribution in [3.05, 3.63) is 35.9 Å². The normalized spacial score (nSPS) is 21.0. The summed E-state index contributed by atoms with van der Waals surface area (Å²) in [5.41, 5.74) is 0.557. The molecule has 1 aliphatic carbocycles. The van der Waals surface area contributed by atoms with Gasteiger partial charge in [-0.25, -0.2) is 0 Å². The van der Waals surface area contributed by atoms with Crippen LogP contribution in [0.4, 0.5) is 0 Å². The lowest BCUT2D eigenvalue weighted by atomic mass is 10.0. The zero-order valence-corrected chi connectivity index (χ0v) is 15.6. The van der Waals surface area contributed by atoms with Gasteiger partial charge < -0.3 is 18.6 Å². The molecule has 1 atom stereocenters. The minimum atomic E-state index is -0.165. The van der Waals surface area contributed by atoms with Crippen molar-refractivity contribution in [2.24, 2.45) is 5.92 Å². The van der Waals surface area contributed by atoms with E-state index in [4.69, 9.17) is 13.7 Å². The van der Waals surface area contributed by atoms with Crippen LogP contribution in [0.5, 0.6) is 0 Å². The maximum Gasteiger partial charge on any atom is 0.257 e. The Kier molecular flexibility index (Phi) is 5.87. The number of carbonyl (C=O) groups is 1. The molecule has 1 unspecified atom stereocenters. The quantitative estimate of drug-likeness (QED) is 0.687. The first kappa shape index (κ1) is 18.2. The molecule has 1 saturated carbocycles. The highest BCUT2D eigenvalue weighted by atomic mass is 16.5. The predicted octanol–water partition coefficient (Wildman–Crippen LogP) is 3.78. The van der Waals surface area contributed by atoms with Crippen LogP contribution >= 0.6 is 0 Å². The number of ether oxygens (including phenoxy) is 1. The summed E-state index contributed by atoms with van der Waals surface area (Å²) < 4.78 is 16.3. The zero-order valence-electron chi connectivity index (χ0n) is 15.6. The van der Waals surface area contributed by atoms with Crippen LogP contribution in [-0.4, -0.2) is 40.7 Å². The van der Waals surface area contributed by atoms with Crippen molar-refractivity contribution in [1.82, 2.24) is 15.0 Å². The average Bonchev–Trinajstić information content (AvgIpc) is 3.47. The van der Waals surface area contributed by atoms with Crippen LogP contribution in [-0.2, 0) is 11.2 Å². The lowest BCUT2D eigenvalue weighted by molar-refractivity contribution is 0.0560. The molecule has 0 aromatic carbocycles. The van der Waals surface area contributed by atoms with Crippen molar-refractivity contribution in [3.8, 4) is 0 Å². The third-order valence-electron chi connectivity index (χ3n) is 5.60. The topological polar surface area (TPSA) is 81.6 Å². The molecule has 146 valence electrons. The van der Waals surface area contributed by atoms with Gasteiger partial charge in [-0.05, 0) is 44.1 Å². The lowest BCUT2D eigenvalue weighted by Gasteiger charge is -2.33. The van der Waals surface area contributed by atoms with Crippen molar-refractivity contribution in [1.29, 1.82) is 0 Å². The van der Waals surface area contributed by atoms with Gasteiger partial charge in [-0.3, -0.25) is 4.79 Å². The first-order valence-electron chi connectivity index (χ1n) is 10.0. The number of carbonyl (C=O) groups excluding carboxylic acids is 1. The molecule has 2 fully saturated rings. The number of furan rings is 1. The largest absolute Gasteiger partial charge is 0.472 e. The average molecular weight is 373 g/mol. The molecule has 0 spiro atoms. The monoisotopic (exact) mass is 373 g/mol. The number of likely N-dealkylation sites (tertiary alicyclic amines) is 1. The van der Waals surface area contributed by atoms with E-state index in [-0.39, 0.29) is 11.9 Å². The summed E-state index contributed by atoms with van der Waals surface area (Å²) in [6.07, 6.45) is 11.7. The minimum absolute atomic E-state index is 0.0481. The highest BCUT2D eigenvalue weighted by Crippen LogP contribution is 2.31. The first-order valence-corrected chi connectivity index (χ1v) is 10.0. The van der Waals surface area contributed by atoms with Crippen LogP contribution in [0.3, 0.4) is 0 Å². The maximum absolute atomic E-state index is 12.7. The van der Waals surface area contributed by atoms with Crippen LogP contribution in [0.1, 0.15) is 73.1 Å². The maximum atomic E-state index is 12.7. The summed E-state index contributed by atoms with van der Waals surface area (Å²) in [6, 6.07) is 1.52. The fourth-order valence-electron chi connectivity index (χ4n) is 4.08. The van der Waals surface area contributed by atoms with Gasteiger partial charge in [-0.1, -0.05) is 18.0 Å². The van der Waals surface area contributed by atoms with Gasteiger partial charge >= 0.3 is 0 Å². The van der Waals surface area contributed by atoms with Gasteiger partial charge in [0.2, 0.25) is 5.89 Å². The highest BCUT2D eigenvalue weighted by molar-refractivity contribution is 5.94. The Balaban J connectivity index is 1.33. The fraction of sp³-hybridized carbons (Fsp3) is 0.650. The van der Waals surface area contributed by atoms with Crippen LogP contribution < -0.4 is 0 Å². The van der Waals surface area contributed by atoms with E-state index in [0.29, 0.717) is 36.9 Å². The summed E-state index contributed by atoms with van der Waals surface area (Å²) >= 11 is 0. The second-order valence-corrected chi connectivity index (χ2v) is 7.55. The second-order valence-electron chi connectivity index (χ2n) is 7.55. The molecule has 0 radical (unpaired) electrons. The molecule has 0 bridgehead atoms. The van der Waals surface area contributed by atoms with Gasteiger partial charge in [-0.2, -0.15) is 4.98 Å². The smallest absolute Gasteiger partial charge is 0.257 e. The Hall–Kier alpha value is -2.15. The predicted molar refractivity (Wildman–Crippen MR) is 97.1 cm³/mol. The Bertz CT molecular complexity index is 721. The molecular formula is C20H27N3O4. The van der Waals surface area contributed by atoms with Crippen LogP contribution in [0.25, 0.3) is 0 Å². The van der Waals surface area contributed by atoms with E-state index in [1.165, 1.54) is 38.2 Å². The Morgan fingerprint density at radius 1 is 1.22 bits per heavy atom. The molecule has 3 heterocycles. The number of aromatic nitrogens is 2. The van der Waals surface area contributed by atoms with E-state index in [1.54, 1.807) is 6.07 Å². The van der Waals surface area contributed by atoms with Crippen molar-refractivity contribution in [2.45, 2.75) is 57.4 Å². The molecule has 0 N–H and O–H groups in total. The second kappa shape index (κ2) is 8.69. The Morgan fingerprint density at radius 2 is 2.07 bits per heavy atom. The number of hydrogen-bond acceptors (Lipinski definition) is 6. The fourth-order valence-corrected chi connectivity index (χ4v) is 4.08. The van der Waals surface area contributed by atoms with E-state index < -0.39 is 0 Å². The molecule has 7 nitrogen and oxygen atoms in total. The summed E-state index contributed by atoms with van der Waals surface area (Å²) in [5, 5.41) is 4.09. The van der Waals surface area contributed by atoms with Crippen molar-refractivity contribution < 1.29 is 18.5 Å². The summed E-state index contributed by atoms with van der Waals surface area (Å²) in [4.78, 5) is 19.1. The zero-order chi connectivity index (χ0) is 18.5. The SMILES string of the molecule is O=C(c1ccoc1)N1CCCCC1c1nc(CCOCC2CCCC2)no1. The van der Waals surface area contributed by atoms with Gasteiger partial charge in [0.15, 0.2) is 5.82 Å². The van der Waals surface area contributed by atoms with Gasteiger partial charge in [-0.15, -0.1) is 0 Å². The molecule has 7 heteroatoms. The van der Waals surface area contributed by atoms with E-state index in [9.17, 15) is 4.79 Å². The molecule has 2 aromatic heterocycles. The van der Waals surface area contributed by atoms with Gasteiger partial charge in [0.1, 0.15) is 12.3 Å². The molecule has 2 aromatic rings. The standard InChI is InChI=1S/C20H27N3O4/c24-20(16-8-11-26-14-16)23-10-4-3-7-17(23)19-21-18(22-27-19)9-12-25-13-15-5-1-2-6-15/h8,11,14-15,17H,1-7,9-10,12-13H2. The van der Waals surface area contributed by atoms with Crippen LogP contribution in [0.15, 0.2) is 27.5 Å². The van der Waals surface area contributed by atoms with Crippen LogP contribution in [0, 0.1) is 5.92 Å². The van der Waals surface area contributed by atoms with Gasteiger partial charge in [0.25, 0.3) is 5.91 Å². The highest BCUT2D eigenvalue weighted by Gasteiger charge is 2.33. The summed E-state index contributed by atoms with van der Waals surface area (Å²) in [6.45, 7) is 2.13. The number of nitrogens with zero attached hydrogens (tertiary/aromatic N) is 3. The molecule has 2 aliphatic rings. The van der Waals surface area contributed by atoms with Crippen LogP contribution in [0.2, 0.25) is 0 Å². The lowest BCUT2D eigenvalue weighted by Crippen LogP contribution is -2.38. The van der Waals surface area contributed by atoms with E-state index in [2.05, 4.69) is 10.1 Å². The number of rotatable bonds is 7. The summed E-state index contributed by atoms with van der Waals surface area (Å²) in [7, 11) is 0. The Morgan fingerprint density at radius 3 is 2.89 bits per heavy atom. The third kappa shape index (κ3) is 4.40. The third-order valence-corrected chi connectivity index (χ3v) is 5.60. The molecule has 27 heavy (non-hydrogen) atoms. The van der Waals surface area contributed by atoms with E-state index in [1.807, 2.05) is 4.90 Å². The summed E-state index contributed by atoms with van der Waals surface area (Å²) in [5.74, 6) is 1.85. The number of piperidine rings is 1. The van der Waals surface area contributed by atoms with Crippen molar-refractivity contribution in [3.63, 3.8) is 0 Å². The minimum Gasteiger partial charge on any atom is -0.472 e. The molecule has 4 rings (SSSR count). The number of amides is 1. The molecule has 1 saturated heterocycles. The first-order chi connectivity index (χ1) is 13.3. The molecule has 1 aliphatic heterocycles. The van der Waals surface area contributed by atoms with E-state index in [0.717, 1.165) is 31.8 Å². The Labute approximate surface area is 159 Å². The van der Waals surface area contributed by atoms with E-state index >= 15 is 0 Å². The van der Waals surface area contributed by atoms with Crippen molar-refractivity contribution in [2.75, 3.05) is 19.8 Å². The van der Waals surface area contributed by atoms with Gasteiger partial charge in [0, 0.05) is 19.6 Å². The molecular weight excluding hydrogens is 346 g/mol. The molecule has 1 amide bonds. The number of hydrogen-bond donors (Lipinski definition) is 0. The van der Waals surface area contributed by atoms with Gasteiger partial charge in [0.05, 0.1) is 18.4 Å².